The van der Waals surface area contributed by atoms with Gasteiger partial charge in [-0.25, -0.2) is 0 Å². The van der Waals surface area contributed by atoms with E-state index in [1.165, 1.54) is 10.4 Å². The lowest BCUT2D eigenvalue weighted by molar-refractivity contribution is 0.242. The van der Waals surface area contributed by atoms with Crippen LogP contribution in [0.1, 0.15) is 35.9 Å². The summed E-state index contributed by atoms with van der Waals surface area (Å²) < 4.78 is 5.70. The number of ether oxygens (including phenoxy) is 1. The van der Waals surface area contributed by atoms with Crippen LogP contribution in [0.2, 0.25) is 0 Å². The second kappa shape index (κ2) is 5.55. The quantitative estimate of drug-likeness (QED) is 0.906. The maximum atomic E-state index is 6.32. The normalized spacial score (nSPS) is 12.7. The minimum Gasteiger partial charge on any atom is -0.491 e. The Morgan fingerprint density at radius 2 is 2.00 bits per heavy atom. The van der Waals surface area contributed by atoms with Gasteiger partial charge in [0.1, 0.15) is 5.75 Å². The van der Waals surface area contributed by atoms with E-state index in [1.807, 2.05) is 32.0 Å². The van der Waals surface area contributed by atoms with Crippen LogP contribution in [0.3, 0.4) is 0 Å². The first kappa shape index (κ1) is 13.1. The molecule has 0 aliphatic heterocycles. The summed E-state index contributed by atoms with van der Waals surface area (Å²) >= 11 is 1.71. The van der Waals surface area contributed by atoms with Crippen LogP contribution in [0.5, 0.6) is 5.75 Å². The average Bonchev–Trinajstić information content (AvgIpc) is 2.74. The first-order chi connectivity index (χ1) is 8.58. The van der Waals surface area contributed by atoms with Crippen molar-refractivity contribution in [3.05, 3.63) is 51.7 Å². The Kier molecular flexibility index (Phi) is 4.04. The zero-order valence-electron chi connectivity index (χ0n) is 11.0. The molecule has 0 saturated carbocycles. The highest BCUT2D eigenvalue weighted by Crippen LogP contribution is 2.29. The SMILES string of the molecule is Cc1ccsc1C(N)c1cccc(OC(C)C)c1. The summed E-state index contributed by atoms with van der Waals surface area (Å²) in [5.74, 6) is 0.882. The molecular weight excluding hydrogens is 242 g/mol. The summed E-state index contributed by atoms with van der Waals surface area (Å²) in [6, 6.07) is 10.1. The molecule has 2 rings (SSSR count). The minimum atomic E-state index is -0.0688. The van der Waals surface area contributed by atoms with Crippen molar-refractivity contribution in [2.45, 2.75) is 32.9 Å². The number of hydrogen-bond acceptors (Lipinski definition) is 3. The zero-order chi connectivity index (χ0) is 13.1. The molecule has 0 aliphatic rings. The molecule has 96 valence electrons. The molecule has 0 fully saturated rings. The number of benzene rings is 1. The highest BCUT2D eigenvalue weighted by molar-refractivity contribution is 7.10. The van der Waals surface area contributed by atoms with Gasteiger partial charge < -0.3 is 10.5 Å². The molecule has 2 aromatic rings. The van der Waals surface area contributed by atoms with E-state index < -0.39 is 0 Å². The van der Waals surface area contributed by atoms with Crippen molar-refractivity contribution >= 4 is 11.3 Å². The second-order valence-electron chi connectivity index (χ2n) is 4.68. The fourth-order valence-electron chi connectivity index (χ4n) is 1.91. The van der Waals surface area contributed by atoms with Gasteiger partial charge in [0.15, 0.2) is 0 Å². The fraction of sp³-hybridized carbons (Fsp3) is 0.333. The van der Waals surface area contributed by atoms with Gasteiger partial charge in [0.2, 0.25) is 0 Å². The van der Waals surface area contributed by atoms with Crippen LogP contribution in [0.4, 0.5) is 0 Å². The van der Waals surface area contributed by atoms with E-state index in [9.17, 15) is 0 Å². The number of rotatable bonds is 4. The predicted molar refractivity (Wildman–Crippen MR) is 77.3 cm³/mol. The molecule has 2 N–H and O–H groups in total. The zero-order valence-corrected chi connectivity index (χ0v) is 11.8. The van der Waals surface area contributed by atoms with Crippen molar-refractivity contribution in [1.82, 2.24) is 0 Å². The molecule has 0 saturated heterocycles. The molecular formula is C15H19NOS. The fourth-order valence-corrected chi connectivity index (χ4v) is 2.86. The summed E-state index contributed by atoms with van der Waals surface area (Å²) in [6.45, 7) is 6.15. The molecule has 2 nitrogen and oxygen atoms in total. The van der Waals surface area contributed by atoms with Crippen LogP contribution in [-0.4, -0.2) is 6.10 Å². The molecule has 18 heavy (non-hydrogen) atoms. The summed E-state index contributed by atoms with van der Waals surface area (Å²) in [5, 5.41) is 2.08. The first-order valence-electron chi connectivity index (χ1n) is 6.14. The molecule has 1 heterocycles. The van der Waals surface area contributed by atoms with Crippen LogP contribution < -0.4 is 10.5 Å². The van der Waals surface area contributed by atoms with Gasteiger partial charge in [-0.05, 0) is 55.5 Å². The van der Waals surface area contributed by atoms with E-state index in [0.29, 0.717) is 0 Å². The predicted octanol–water partition coefficient (Wildman–Crippen LogP) is 3.89. The lowest BCUT2D eigenvalue weighted by Crippen LogP contribution is -2.12. The van der Waals surface area contributed by atoms with Crippen molar-refractivity contribution in [3.63, 3.8) is 0 Å². The van der Waals surface area contributed by atoms with Gasteiger partial charge in [0.05, 0.1) is 12.1 Å². The third-order valence-electron chi connectivity index (χ3n) is 2.77. The Hall–Kier alpha value is -1.32. The Morgan fingerprint density at radius 3 is 2.61 bits per heavy atom. The van der Waals surface area contributed by atoms with E-state index in [-0.39, 0.29) is 12.1 Å². The lowest BCUT2D eigenvalue weighted by Gasteiger charge is -2.15. The molecule has 0 aliphatic carbocycles. The largest absolute Gasteiger partial charge is 0.491 e. The Bertz CT molecular complexity index is 519. The number of aryl methyl sites for hydroxylation is 1. The maximum absolute atomic E-state index is 6.32. The van der Waals surface area contributed by atoms with E-state index in [2.05, 4.69) is 24.4 Å². The van der Waals surface area contributed by atoms with E-state index in [1.54, 1.807) is 11.3 Å². The molecule has 0 spiro atoms. The van der Waals surface area contributed by atoms with E-state index in [0.717, 1.165) is 11.3 Å². The third kappa shape index (κ3) is 2.92. The van der Waals surface area contributed by atoms with Crippen LogP contribution in [0.25, 0.3) is 0 Å². The van der Waals surface area contributed by atoms with Gasteiger partial charge >= 0.3 is 0 Å². The molecule has 0 radical (unpaired) electrons. The second-order valence-corrected chi connectivity index (χ2v) is 5.63. The van der Waals surface area contributed by atoms with Gasteiger partial charge in [-0.3, -0.25) is 0 Å². The Labute approximate surface area is 112 Å². The summed E-state index contributed by atoms with van der Waals surface area (Å²) in [4.78, 5) is 1.22. The molecule has 0 bridgehead atoms. The molecule has 3 heteroatoms. The highest BCUT2D eigenvalue weighted by Gasteiger charge is 2.13. The maximum Gasteiger partial charge on any atom is 0.120 e. The molecule has 1 aromatic carbocycles. The standard InChI is InChI=1S/C15H19NOS/c1-10(2)17-13-6-4-5-12(9-13)14(16)15-11(3)7-8-18-15/h4-10,14H,16H2,1-3H3. The van der Waals surface area contributed by atoms with Crippen molar-refractivity contribution in [2.24, 2.45) is 5.73 Å². The van der Waals surface area contributed by atoms with Gasteiger partial charge in [0.25, 0.3) is 0 Å². The van der Waals surface area contributed by atoms with Crippen molar-refractivity contribution in [1.29, 1.82) is 0 Å². The molecule has 1 atom stereocenters. The van der Waals surface area contributed by atoms with E-state index in [4.69, 9.17) is 10.5 Å². The van der Waals surface area contributed by atoms with Crippen molar-refractivity contribution in [2.75, 3.05) is 0 Å². The molecule has 0 amide bonds. The smallest absolute Gasteiger partial charge is 0.120 e. The first-order valence-corrected chi connectivity index (χ1v) is 7.02. The Balaban J connectivity index is 2.25. The third-order valence-corrected chi connectivity index (χ3v) is 3.88. The summed E-state index contributed by atoms with van der Waals surface area (Å²) in [5.41, 5.74) is 8.66. The monoisotopic (exact) mass is 261 g/mol. The topological polar surface area (TPSA) is 35.2 Å². The minimum absolute atomic E-state index is 0.0688. The number of nitrogens with two attached hydrogens (primary N) is 1. The lowest BCUT2D eigenvalue weighted by atomic mass is 10.0. The summed E-state index contributed by atoms with van der Waals surface area (Å²) in [7, 11) is 0. The average molecular weight is 261 g/mol. The van der Waals surface area contributed by atoms with E-state index >= 15 is 0 Å². The van der Waals surface area contributed by atoms with Crippen LogP contribution >= 0.6 is 11.3 Å². The van der Waals surface area contributed by atoms with Gasteiger partial charge in [-0.2, -0.15) is 0 Å². The van der Waals surface area contributed by atoms with Gasteiger partial charge in [-0.1, -0.05) is 12.1 Å². The molecule has 1 unspecified atom stereocenters. The Morgan fingerprint density at radius 1 is 1.22 bits per heavy atom. The van der Waals surface area contributed by atoms with Crippen LogP contribution in [0, 0.1) is 6.92 Å². The van der Waals surface area contributed by atoms with Gasteiger partial charge in [-0.15, -0.1) is 11.3 Å². The summed E-state index contributed by atoms with van der Waals surface area (Å²) in [6.07, 6.45) is 0.181. The highest BCUT2D eigenvalue weighted by atomic mass is 32.1. The molecule has 1 aromatic heterocycles. The van der Waals surface area contributed by atoms with Crippen molar-refractivity contribution < 1.29 is 4.74 Å². The number of thiophene rings is 1. The van der Waals surface area contributed by atoms with Crippen LogP contribution in [-0.2, 0) is 0 Å². The van der Waals surface area contributed by atoms with Crippen molar-refractivity contribution in [3.8, 4) is 5.75 Å². The van der Waals surface area contributed by atoms with Gasteiger partial charge in [0, 0.05) is 4.88 Å². The van der Waals surface area contributed by atoms with Crippen LogP contribution in [0.15, 0.2) is 35.7 Å². The number of hydrogen-bond donors (Lipinski definition) is 1.